The fraction of sp³-hybridized carbons (Fsp3) is 0.375. The zero-order valence-corrected chi connectivity index (χ0v) is 18.5. The molecule has 0 aliphatic carbocycles. The van der Waals surface area contributed by atoms with Crippen LogP contribution in [0.4, 0.5) is 5.82 Å². The summed E-state index contributed by atoms with van der Waals surface area (Å²) in [4.78, 5) is 26.0. The van der Waals surface area contributed by atoms with Crippen LogP contribution in [0.1, 0.15) is 24.0 Å². The first-order valence-corrected chi connectivity index (χ1v) is 11.1. The minimum atomic E-state index is -0.199. The number of aliphatic imine (C=N–C) groups is 1. The van der Waals surface area contributed by atoms with Gasteiger partial charge in [0, 0.05) is 68.0 Å². The molecule has 0 atom stereocenters. The number of primary amides is 1. The Labute approximate surface area is 188 Å². The van der Waals surface area contributed by atoms with Crippen LogP contribution in [0.15, 0.2) is 53.8 Å². The zero-order valence-electron chi connectivity index (χ0n) is 18.5. The van der Waals surface area contributed by atoms with Crippen LogP contribution in [0, 0.1) is 5.92 Å². The Hall–Kier alpha value is -3.55. The van der Waals surface area contributed by atoms with Crippen LogP contribution >= 0.6 is 0 Å². The highest BCUT2D eigenvalue weighted by Crippen LogP contribution is 2.24. The van der Waals surface area contributed by atoms with Crippen LogP contribution < -0.4 is 21.3 Å². The molecule has 1 aliphatic heterocycles. The molecule has 1 saturated heterocycles. The number of carbonyl (C=O) groups is 1. The van der Waals surface area contributed by atoms with E-state index in [-0.39, 0.29) is 11.8 Å². The van der Waals surface area contributed by atoms with Crippen LogP contribution in [-0.2, 0) is 17.8 Å². The first-order chi connectivity index (χ1) is 15.7. The average molecular weight is 434 g/mol. The Morgan fingerprint density at radius 1 is 1.19 bits per heavy atom. The summed E-state index contributed by atoms with van der Waals surface area (Å²) in [7, 11) is 1.78. The maximum Gasteiger partial charge on any atom is 0.220 e. The minimum Gasteiger partial charge on any atom is -0.369 e. The van der Waals surface area contributed by atoms with E-state index in [4.69, 9.17) is 5.73 Å². The molecule has 1 amide bonds. The Morgan fingerprint density at radius 3 is 2.78 bits per heavy atom. The van der Waals surface area contributed by atoms with Gasteiger partial charge in [-0.2, -0.15) is 0 Å². The number of hydrogen-bond acceptors (Lipinski definition) is 4. The number of hydrogen-bond donors (Lipinski definition) is 4. The second kappa shape index (κ2) is 10.2. The molecule has 8 heteroatoms. The van der Waals surface area contributed by atoms with E-state index in [1.54, 1.807) is 7.05 Å². The molecule has 3 heterocycles. The van der Waals surface area contributed by atoms with E-state index in [9.17, 15) is 4.79 Å². The number of nitrogens with zero attached hydrogens (tertiary/aromatic N) is 3. The topological polar surface area (TPSA) is 111 Å². The number of carbonyl (C=O) groups excluding carboxylic acids is 1. The number of pyridine rings is 1. The largest absolute Gasteiger partial charge is 0.369 e. The van der Waals surface area contributed by atoms with Gasteiger partial charge in [0.05, 0.1) is 0 Å². The summed E-state index contributed by atoms with van der Waals surface area (Å²) < 4.78 is 0. The number of nitrogens with one attached hydrogen (secondary N) is 3. The number of H-pyrrole nitrogens is 1. The van der Waals surface area contributed by atoms with Crippen molar-refractivity contribution in [2.75, 3.05) is 31.6 Å². The smallest absolute Gasteiger partial charge is 0.220 e. The first kappa shape index (κ1) is 21.7. The molecule has 4 rings (SSSR count). The molecule has 168 valence electrons. The molecule has 0 saturated carbocycles. The SMILES string of the molecule is CN=C(NCCc1c[nH]c2ccccc12)NCc1cccnc1N1CCC(C(N)=O)CC1. The van der Waals surface area contributed by atoms with Gasteiger partial charge >= 0.3 is 0 Å². The number of para-hydroxylation sites is 1. The fourth-order valence-corrected chi connectivity index (χ4v) is 4.28. The molecule has 2 aromatic heterocycles. The fourth-order valence-electron chi connectivity index (χ4n) is 4.28. The third-order valence-electron chi connectivity index (χ3n) is 6.10. The monoisotopic (exact) mass is 433 g/mol. The molecular formula is C24H31N7O. The van der Waals surface area contributed by atoms with Crippen LogP contribution in [0.3, 0.4) is 0 Å². The molecular weight excluding hydrogens is 402 g/mol. The third-order valence-corrected chi connectivity index (χ3v) is 6.10. The van der Waals surface area contributed by atoms with Crippen molar-refractivity contribution in [3.63, 3.8) is 0 Å². The van der Waals surface area contributed by atoms with E-state index in [0.29, 0.717) is 6.54 Å². The van der Waals surface area contributed by atoms with Crippen molar-refractivity contribution in [2.45, 2.75) is 25.8 Å². The van der Waals surface area contributed by atoms with Crippen molar-refractivity contribution < 1.29 is 4.79 Å². The average Bonchev–Trinajstić information content (AvgIpc) is 3.24. The van der Waals surface area contributed by atoms with Crippen molar-refractivity contribution in [2.24, 2.45) is 16.6 Å². The molecule has 8 nitrogen and oxygen atoms in total. The van der Waals surface area contributed by atoms with E-state index in [0.717, 1.165) is 61.8 Å². The number of nitrogens with two attached hydrogens (primary N) is 1. The number of anilines is 1. The number of aromatic amines is 1. The summed E-state index contributed by atoms with van der Waals surface area (Å²) in [5.41, 5.74) is 9.02. The van der Waals surface area contributed by atoms with Crippen molar-refractivity contribution in [3.8, 4) is 0 Å². The van der Waals surface area contributed by atoms with E-state index < -0.39 is 0 Å². The van der Waals surface area contributed by atoms with Gasteiger partial charge in [0.2, 0.25) is 5.91 Å². The number of amides is 1. The van der Waals surface area contributed by atoms with E-state index in [2.05, 4.69) is 61.0 Å². The second-order valence-electron chi connectivity index (χ2n) is 8.11. The van der Waals surface area contributed by atoms with Crippen molar-refractivity contribution in [3.05, 3.63) is 59.9 Å². The van der Waals surface area contributed by atoms with Crippen molar-refractivity contribution >= 4 is 28.6 Å². The maximum atomic E-state index is 11.5. The van der Waals surface area contributed by atoms with E-state index in [1.165, 1.54) is 10.9 Å². The lowest BCUT2D eigenvalue weighted by Crippen LogP contribution is -2.40. The molecule has 1 aromatic carbocycles. The van der Waals surface area contributed by atoms with Gasteiger partial charge in [-0.05, 0) is 37.0 Å². The first-order valence-electron chi connectivity index (χ1n) is 11.1. The highest BCUT2D eigenvalue weighted by molar-refractivity contribution is 5.83. The molecule has 1 fully saturated rings. The van der Waals surface area contributed by atoms with Gasteiger partial charge in [-0.15, -0.1) is 0 Å². The van der Waals surface area contributed by atoms with E-state index in [1.807, 2.05) is 18.3 Å². The lowest BCUT2D eigenvalue weighted by Gasteiger charge is -2.32. The summed E-state index contributed by atoms with van der Waals surface area (Å²) in [6.45, 7) is 2.97. The summed E-state index contributed by atoms with van der Waals surface area (Å²) in [5, 5.41) is 8.06. The Balaban J connectivity index is 1.31. The molecule has 5 N–H and O–H groups in total. The highest BCUT2D eigenvalue weighted by Gasteiger charge is 2.24. The zero-order chi connectivity index (χ0) is 22.3. The van der Waals surface area contributed by atoms with Crippen LogP contribution in [0.2, 0.25) is 0 Å². The van der Waals surface area contributed by atoms with Gasteiger partial charge in [-0.3, -0.25) is 9.79 Å². The number of rotatable bonds is 7. The summed E-state index contributed by atoms with van der Waals surface area (Å²) in [6.07, 6.45) is 6.34. The van der Waals surface area contributed by atoms with Gasteiger partial charge in [-0.1, -0.05) is 24.3 Å². The number of guanidine groups is 1. The second-order valence-corrected chi connectivity index (χ2v) is 8.11. The normalized spacial score (nSPS) is 15.2. The van der Waals surface area contributed by atoms with Crippen LogP contribution in [0.5, 0.6) is 0 Å². The lowest BCUT2D eigenvalue weighted by atomic mass is 9.96. The molecule has 32 heavy (non-hydrogen) atoms. The molecule has 3 aromatic rings. The van der Waals surface area contributed by atoms with Gasteiger partial charge in [0.1, 0.15) is 5.82 Å². The summed E-state index contributed by atoms with van der Waals surface area (Å²) in [5.74, 6) is 1.48. The summed E-state index contributed by atoms with van der Waals surface area (Å²) >= 11 is 0. The standard InChI is InChI=1S/C24H31N7O/c1-26-24(28-12-8-18-15-29-21-7-3-2-6-20(18)21)30-16-19-5-4-11-27-23(19)31-13-9-17(10-14-31)22(25)32/h2-7,11,15,17,29H,8-10,12-14,16H2,1H3,(H2,25,32)(H2,26,28,30). The van der Waals surface area contributed by atoms with Gasteiger partial charge in [0.15, 0.2) is 5.96 Å². The predicted octanol–water partition coefficient (Wildman–Crippen LogP) is 2.17. The predicted molar refractivity (Wildman–Crippen MR) is 129 cm³/mol. The number of piperidine rings is 1. The lowest BCUT2D eigenvalue weighted by molar-refractivity contribution is -0.122. The molecule has 1 aliphatic rings. The van der Waals surface area contributed by atoms with Gasteiger partial charge < -0.3 is 26.3 Å². The molecule has 0 radical (unpaired) electrons. The minimum absolute atomic E-state index is 0.0308. The number of benzene rings is 1. The quantitative estimate of drug-likeness (QED) is 0.337. The number of fused-ring (bicyclic) bond motifs is 1. The highest BCUT2D eigenvalue weighted by atomic mass is 16.1. The van der Waals surface area contributed by atoms with Crippen LogP contribution in [-0.4, -0.2) is 48.5 Å². The maximum absolute atomic E-state index is 11.5. The Bertz CT molecular complexity index is 1080. The summed E-state index contributed by atoms with van der Waals surface area (Å²) in [6, 6.07) is 12.4. The van der Waals surface area contributed by atoms with Crippen molar-refractivity contribution in [1.82, 2.24) is 20.6 Å². The molecule has 0 spiro atoms. The Morgan fingerprint density at radius 2 is 2.00 bits per heavy atom. The van der Waals surface area contributed by atoms with Crippen LogP contribution in [0.25, 0.3) is 10.9 Å². The molecule has 0 unspecified atom stereocenters. The van der Waals surface area contributed by atoms with E-state index >= 15 is 0 Å². The number of aromatic nitrogens is 2. The Kier molecular flexibility index (Phi) is 6.89. The third kappa shape index (κ3) is 5.01. The molecule has 0 bridgehead atoms. The van der Waals surface area contributed by atoms with Gasteiger partial charge in [0.25, 0.3) is 0 Å². The van der Waals surface area contributed by atoms with Crippen molar-refractivity contribution in [1.29, 1.82) is 0 Å². The van der Waals surface area contributed by atoms with Gasteiger partial charge in [-0.25, -0.2) is 4.98 Å².